The summed E-state index contributed by atoms with van der Waals surface area (Å²) < 4.78 is 17.9. The number of thioether (sulfide) groups is 1. The van der Waals surface area contributed by atoms with Gasteiger partial charge in [-0.1, -0.05) is 26.7 Å². The average Bonchev–Trinajstić information content (AvgIpc) is 2.33. The van der Waals surface area contributed by atoms with Crippen LogP contribution in [0.2, 0.25) is 0 Å². The van der Waals surface area contributed by atoms with Crippen molar-refractivity contribution in [2.45, 2.75) is 70.7 Å². The number of unbranched alkanes of at least 4 members (excludes halogenated alkanes) is 1. The molecule has 0 saturated heterocycles. The molecule has 0 aromatic carbocycles. The van der Waals surface area contributed by atoms with Crippen molar-refractivity contribution >= 4 is 17.7 Å². The fraction of sp³-hybridized carbons (Fsp3) is 0.929. The van der Waals surface area contributed by atoms with E-state index in [9.17, 15) is 9.18 Å². The van der Waals surface area contributed by atoms with Crippen molar-refractivity contribution in [1.82, 2.24) is 0 Å². The molecule has 0 heterocycles. The summed E-state index contributed by atoms with van der Waals surface area (Å²) in [6.07, 6.45) is 4.44. The molecule has 2 atom stereocenters. The minimum Gasteiger partial charge on any atom is -0.465 e. The Morgan fingerprint density at radius 2 is 1.94 bits per heavy atom. The molecule has 0 N–H and O–H groups in total. The van der Waals surface area contributed by atoms with Crippen molar-refractivity contribution in [3.05, 3.63) is 0 Å². The molecule has 0 aromatic heterocycles. The third-order valence-electron chi connectivity index (χ3n) is 2.62. The fourth-order valence-corrected chi connectivity index (χ4v) is 2.76. The molecular formula is C14H27FO2S. The zero-order valence-electron chi connectivity index (χ0n) is 11.9. The van der Waals surface area contributed by atoms with Crippen LogP contribution in [-0.4, -0.2) is 29.8 Å². The van der Waals surface area contributed by atoms with Crippen LogP contribution in [0.25, 0.3) is 0 Å². The van der Waals surface area contributed by atoms with Gasteiger partial charge >= 0.3 is 5.97 Å². The topological polar surface area (TPSA) is 26.3 Å². The second-order valence-electron chi connectivity index (χ2n) is 4.59. The molecule has 0 bridgehead atoms. The van der Waals surface area contributed by atoms with Crippen LogP contribution in [0.4, 0.5) is 4.39 Å². The maximum Gasteiger partial charge on any atom is 0.319 e. The van der Waals surface area contributed by atoms with E-state index in [1.807, 2.05) is 0 Å². The first-order valence-corrected chi connectivity index (χ1v) is 8.09. The number of halogens is 1. The van der Waals surface area contributed by atoms with Crippen LogP contribution < -0.4 is 0 Å². The Kier molecular flexibility index (Phi) is 11.7. The molecule has 0 aliphatic rings. The maximum atomic E-state index is 12.6. The lowest BCUT2D eigenvalue weighted by atomic mass is 10.2. The van der Waals surface area contributed by atoms with Gasteiger partial charge in [-0.3, -0.25) is 4.79 Å². The lowest BCUT2D eigenvalue weighted by Gasteiger charge is -2.15. The van der Waals surface area contributed by atoms with E-state index >= 15 is 0 Å². The maximum absolute atomic E-state index is 12.6. The first-order valence-electron chi connectivity index (χ1n) is 7.04. The van der Waals surface area contributed by atoms with E-state index in [0.29, 0.717) is 13.0 Å². The van der Waals surface area contributed by atoms with Gasteiger partial charge in [0.2, 0.25) is 0 Å². The Morgan fingerprint density at radius 1 is 1.22 bits per heavy atom. The Morgan fingerprint density at radius 3 is 2.50 bits per heavy atom. The third kappa shape index (κ3) is 9.75. The SMILES string of the molecule is CCCCOC(=O)C(CCC)SCCCC(C)F. The molecule has 2 nitrogen and oxygen atoms in total. The van der Waals surface area contributed by atoms with Gasteiger partial charge in [-0.05, 0) is 38.4 Å². The van der Waals surface area contributed by atoms with Gasteiger partial charge in [0.05, 0.1) is 12.8 Å². The smallest absolute Gasteiger partial charge is 0.319 e. The number of hydrogen-bond acceptors (Lipinski definition) is 3. The van der Waals surface area contributed by atoms with Crippen molar-refractivity contribution in [3.8, 4) is 0 Å². The van der Waals surface area contributed by atoms with Gasteiger partial charge in [-0.15, -0.1) is 11.8 Å². The quantitative estimate of drug-likeness (QED) is 0.415. The molecule has 0 fully saturated rings. The van der Waals surface area contributed by atoms with E-state index < -0.39 is 6.17 Å². The molecule has 108 valence electrons. The molecule has 0 amide bonds. The Labute approximate surface area is 115 Å². The van der Waals surface area contributed by atoms with Gasteiger partial charge < -0.3 is 4.74 Å². The van der Waals surface area contributed by atoms with Crippen molar-refractivity contribution < 1.29 is 13.9 Å². The van der Waals surface area contributed by atoms with Crippen LogP contribution in [0.1, 0.15) is 59.3 Å². The van der Waals surface area contributed by atoms with E-state index in [2.05, 4.69) is 13.8 Å². The van der Waals surface area contributed by atoms with Gasteiger partial charge in [0.1, 0.15) is 5.25 Å². The van der Waals surface area contributed by atoms with Gasteiger partial charge in [0.25, 0.3) is 0 Å². The van der Waals surface area contributed by atoms with E-state index in [1.165, 1.54) is 0 Å². The predicted octanol–water partition coefficient (Wildman–Crippen LogP) is 4.37. The molecule has 0 aliphatic heterocycles. The third-order valence-corrected chi connectivity index (χ3v) is 3.98. The number of ether oxygens (including phenoxy) is 1. The minimum atomic E-state index is -0.744. The highest BCUT2D eigenvalue weighted by Gasteiger charge is 2.19. The van der Waals surface area contributed by atoms with Crippen LogP contribution in [0.5, 0.6) is 0 Å². The highest BCUT2D eigenvalue weighted by molar-refractivity contribution is 8.00. The number of carbonyl (C=O) groups excluding carboxylic acids is 1. The second-order valence-corrected chi connectivity index (χ2v) is 5.90. The first kappa shape index (κ1) is 17.8. The van der Waals surface area contributed by atoms with E-state index in [1.54, 1.807) is 18.7 Å². The van der Waals surface area contributed by atoms with Crippen LogP contribution >= 0.6 is 11.8 Å². The average molecular weight is 278 g/mol. The summed E-state index contributed by atoms with van der Waals surface area (Å²) in [5.41, 5.74) is 0. The van der Waals surface area contributed by atoms with E-state index in [4.69, 9.17) is 4.74 Å². The summed E-state index contributed by atoms with van der Waals surface area (Å²) in [5, 5.41) is -0.0678. The van der Waals surface area contributed by atoms with Crippen LogP contribution in [-0.2, 0) is 9.53 Å². The lowest BCUT2D eigenvalue weighted by Crippen LogP contribution is -2.21. The zero-order valence-corrected chi connectivity index (χ0v) is 12.7. The molecule has 4 heteroatoms. The normalized spacial score (nSPS) is 14.2. The molecule has 18 heavy (non-hydrogen) atoms. The minimum absolute atomic E-state index is 0.0678. The van der Waals surface area contributed by atoms with Gasteiger partial charge in [-0.2, -0.15) is 0 Å². The van der Waals surface area contributed by atoms with Crippen LogP contribution in [0.15, 0.2) is 0 Å². The van der Waals surface area contributed by atoms with Gasteiger partial charge in [0, 0.05) is 0 Å². The summed E-state index contributed by atoms with van der Waals surface area (Å²) in [7, 11) is 0. The number of esters is 1. The van der Waals surface area contributed by atoms with Gasteiger partial charge in [0.15, 0.2) is 0 Å². The number of rotatable bonds is 11. The van der Waals surface area contributed by atoms with Crippen molar-refractivity contribution in [2.75, 3.05) is 12.4 Å². The van der Waals surface area contributed by atoms with Crippen LogP contribution in [0.3, 0.4) is 0 Å². The lowest BCUT2D eigenvalue weighted by molar-refractivity contribution is -0.143. The Bertz CT molecular complexity index is 210. The highest BCUT2D eigenvalue weighted by Crippen LogP contribution is 2.20. The standard InChI is InChI=1S/C14H27FO2S/c1-4-6-10-17-14(16)13(8-5-2)18-11-7-9-12(3)15/h12-13H,4-11H2,1-3H3. The number of carbonyl (C=O) groups is 1. The van der Waals surface area contributed by atoms with Crippen LogP contribution in [0, 0.1) is 0 Å². The predicted molar refractivity (Wildman–Crippen MR) is 76.8 cm³/mol. The largest absolute Gasteiger partial charge is 0.465 e. The summed E-state index contributed by atoms with van der Waals surface area (Å²) in [6, 6.07) is 0. The molecule has 0 aromatic rings. The second kappa shape index (κ2) is 11.8. The molecule has 2 unspecified atom stereocenters. The molecule has 0 saturated carbocycles. The number of alkyl halides is 1. The van der Waals surface area contributed by atoms with E-state index in [0.717, 1.165) is 37.9 Å². The molecule has 0 radical (unpaired) electrons. The molecule has 0 spiro atoms. The van der Waals surface area contributed by atoms with E-state index in [-0.39, 0.29) is 11.2 Å². The zero-order chi connectivity index (χ0) is 13.8. The molecule has 0 aliphatic carbocycles. The monoisotopic (exact) mass is 278 g/mol. The van der Waals surface area contributed by atoms with Crippen molar-refractivity contribution in [1.29, 1.82) is 0 Å². The molecule has 0 rings (SSSR count). The summed E-state index contributed by atoms with van der Waals surface area (Å²) in [5.74, 6) is 0.741. The number of hydrogen-bond donors (Lipinski definition) is 0. The first-order chi connectivity index (χ1) is 8.61. The Hall–Kier alpha value is -0.250. The summed E-state index contributed by atoms with van der Waals surface area (Å²) in [6.45, 7) is 6.24. The summed E-state index contributed by atoms with van der Waals surface area (Å²) in [4.78, 5) is 11.8. The van der Waals surface area contributed by atoms with Crippen molar-refractivity contribution in [3.63, 3.8) is 0 Å². The Balaban J connectivity index is 3.85. The van der Waals surface area contributed by atoms with Crippen molar-refractivity contribution in [2.24, 2.45) is 0 Å². The van der Waals surface area contributed by atoms with Gasteiger partial charge in [-0.25, -0.2) is 4.39 Å². The highest BCUT2D eigenvalue weighted by atomic mass is 32.2. The fourth-order valence-electron chi connectivity index (χ4n) is 1.53. The molecular weight excluding hydrogens is 251 g/mol. The summed E-state index contributed by atoms with van der Waals surface area (Å²) >= 11 is 1.61.